The third-order valence-corrected chi connectivity index (χ3v) is 5.65. The summed E-state index contributed by atoms with van der Waals surface area (Å²) < 4.78 is 1.43. The van der Waals surface area contributed by atoms with Crippen molar-refractivity contribution in [3.8, 4) is 11.3 Å². The summed E-state index contributed by atoms with van der Waals surface area (Å²) in [6.07, 6.45) is 1.52. The number of hydrogen-bond donors (Lipinski definition) is 2. The Morgan fingerprint density at radius 2 is 1.87 bits per heavy atom. The van der Waals surface area contributed by atoms with Crippen LogP contribution in [0.3, 0.4) is 0 Å². The molecule has 0 aliphatic carbocycles. The first-order valence-corrected chi connectivity index (χ1v) is 10.4. The van der Waals surface area contributed by atoms with Gasteiger partial charge in [-0.2, -0.15) is 0 Å². The van der Waals surface area contributed by atoms with Gasteiger partial charge in [0.05, 0.1) is 24.1 Å². The average Bonchev–Trinajstić information content (AvgIpc) is 2.80. The molecule has 1 aromatic carbocycles. The minimum atomic E-state index is -0.166. The molecule has 0 amide bonds. The van der Waals surface area contributed by atoms with Gasteiger partial charge in [0.2, 0.25) is 0 Å². The quantitative estimate of drug-likeness (QED) is 0.640. The van der Waals surface area contributed by atoms with Crippen LogP contribution in [0.2, 0.25) is 0 Å². The molecule has 3 aromatic rings. The Bertz CT molecular complexity index is 1070. The van der Waals surface area contributed by atoms with E-state index in [1.54, 1.807) is 7.05 Å². The van der Waals surface area contributed by atoms with Crippen LogP contribution in [0.1, 0.15) is 6.92 Å². The molecule has 0 unspecified atom stereocenters. The van der Waals surface area contributed by atoms with Crippen molar-refractivity contribution < 1.29 is 5.11 Å². The second-order valence-electron chi connectivity index (χ2n) is 7.53. The van der Waals surface area contributed by atoms with Gasteiger partial charge in [0, 0.05) is 51.0 Å². The van der Waals surface area contributed by atoms with E-state index in [2.05, 4.69) is 56.3 Å². The number of nitrogens with one attached hydrogen (secondary N) is 1. The summed E-state index contributed by atoms with van der Waals surface area (Å²) in [7, 11) is 1.66. The molecule has 8 nitrogen and oxygen atoms in total. The number of aryl methyl sites for hydroxylation is 1. The van der Waals surface area contributed by atoms with Gasteiger partial charge in [0.15, 0.2) is 0 Å². The van der Waals surface area contributed by atoms with Crippen LogP contribution in [-0.2, 0) is 7.05 Å². The zero-order chi connectivity index (χ0) is 21.1. The van der Waals surface area contributed by atoms with E-state index < -0.39 is 0 Å². The van der Waals surface area contributed by atoms with Gasteiger partial charge in [0.1, 0.15) is 11.2 Å². The standard InChI is InChI=1S/C22H28N6O2/c1-3-27-9-11-28(12-10-27)17-6-4-16(5-7-17)18-14-19-20(21(25-18)23-8-13-29)22(30)26(2)15-24-19/h4-7,14-15,29H,3,8-13H2,1-2H3,(H,23,25). The topological polar surface area (TPSA) is 86.5 Å². The number of likely N-dealkylation sites (N-methyl/N-ethyl adjacent to an activating group) is 1. The van der Waals surface area contributed by atoms with E-state index in [-0.39, 0.29) is 12.2 Å². The zero-order valence-electron chi connectivity index (χ0n) is 17.5. The van der Waals surface area contributed by atoms with Crippen molar-refractivity contribution in [2.45, 2.75) is 6.92 Å². The van der Waals surface area contributed by atoms with Crippen LogP contribution >= 0.6 is 0 Å². The van der Waals surface area contributed by atoms with Crippen LogP contribution in [0.15, 0.2) is 41.5 Å². The number of aliphatic hydroxyl groups excluding tert-OH is 1. The molecule has 1 fully saturated rings. The summed E-state index contributed by atoms with van der Waals surface area (Å²) >= 11 is 0. The van der Waals surface area contributed by atoms with Crippen LogP contribution in [-0.4, -0.2) is 70.4 Å². The number of hydrogen-bond acceptors (Lipinski definition) is 7. The van der Waals surface area contributed by atoms with Crippen LogP contribution in [0.25, 0.3) is 22.2 Å². The molecule has 0 saturated carbocycles. The maximum Gasteiger partial charge on any atom is 0.264 e. The first kappa shape index (κ1) is 20.3. The summed E-state index contributed by atoms with van der Waals surface area (Å²) in [5.41, 5.74) is 3.33. The highest BCUT2D eigenvalue weighted by molar-refractivity contribution is 5.91. The Morgan fingerprint density at radius 1 is 1.13 bits per heavy atom. The second-order valence-corrected chi connectivity index (χ2v) is 7.53. The minimum Gasteiger partial charge on any atom is -0.395 e. The van der Waals surface area contributed by atoms with E-state index >= 15 is 0 Å². The molecule has 1 aliphatic heterocycles. The summed E-state index contributed by atoms with van der Waals surface area (Å²) in [6, 6.07) is 10.2. The number of pyridine rings is 1. The van der Waals surface area contributed by atoms with Crippen LogP contribution in [0.5, 0.6) is 0 Å². The molecular formula is C22H28N6O2. The van der Waals surface area contributed by atoms with Crippen molar-refractivity contribution in [1.29, 1.82) is 0 Å². The SMILES string of the molecule is CCN1CCN(c2ccc(-c3cc4ncn(C)c(=O)c4c(NCCO)n3)cc2)CC1. The van der Waals surface area contributed by atoms with Gasteiger partial charge in [-0.3, -0.25) is 4.79 Å². The highest BCUT2D eigenvalue weighted by Gasteiger charge is 2.17. The van der Waals surface area contributed by atoms with E-state index in [4.69, 9.17) is 0 Å². The lowest BCUT2D eigenvalue weighted by molar-refractivity contribution is 0.271. The number of aromatic nitrogens is 3. The monoisotopic (exact) mass is 408 g/mol. The smallest absolute Gasteiger partial charge is 0.264 e. The Balaban J connectivity index is 1.66. The Labute approximate surface area is 175 Å². The summed E-state index contributed by atoms with van der Waals surface area (Å²) in [4.78, 5) is 26.6. The molecule has 158 valence electrons. The predicted molar refractivity (Wildman–Crippen MR) is 120 cm³/mol. The molecule has 0 atom stereocenters. The van der Waals surface area contributed by atoms with E-state index in [9.17, 15) is 9.90 Å². The molecule has 30 heavy (non-hydrogen) atoms. The molecule has 1 saturated heterocycles. The first-order chi connectivity index (χ1) is 14.6. The maximum absolute atomic E-state index is 12.6. The maximum atomic E-state index is 12.6. The third kappa shape index (κ3) is 4.01. The number of fused-ring (bicyclic) bond motifs is 1. The van der Waals surface area contributed by atoms with Crippen molar-refractivity contribution >= 4 is 22.4 Å². The fourth-order valence-corrected chi connectivity index (χ4v) is 3.84. The second kappa shape index (κ2) is 8.81. The highest BCUT2D eigenvalue weighted by Crippen LogP contribution is 2.27. The minimum absolute atomic E-state index is 0.0476. The van der Waals surface area contributed by atoms with Crippen molar-refractivity contribution in [1.82, 2.24) is 19.4 Å². The number of aliphatic hydroxyl groups is 1. The van der Waals surface area contributed by atoms with Gasteiger partial charge >= 0.3 is 0 Å². The number of rotatable bonds is 6. The average molecular weight is 409 g/mol. The fraction of sp³-hybridized carbons (Fsp3) is 0.409. The molecule has 4 rings (SSSR count). The summed E-state index contributed by atoms with van der Waals surface area (Å²) in [5.74, 6) is 0.449. The molecule has 2 aromatic heterocycles. The Morgan fingerprint density at radius 3 is 2.53 bits per heavy atom. The molecule has 0 spiro atoms. The van der Waals surface area contributed by atoms with Crippen LogP contribution < -0.4 is 15.8 Å². The lowest BCUT2D eigenvalue weighted by Crippen LogP contribution is -2.46. The number of anilines is 2. The Hall–Kier alpha value is -2.97. The molecule has 0 radical (unpaired) electrons. The van der Waals surface area contributed by atoms with E-state index in [1.165, 1.54) is 16.6 Å². The number of nitrogens with zero attached hydrogens (tertiary/aromatic N) is 5. The fourth-order valence-electron chi connectivity index (χ4n) is 3.84. The lowest BCUT2D eigenvalue weighted by Gasteiger charge is -2.35. The van der Waals surface area contributed by atoms with Crippen molar-refractivity contribution in [2.24, 2.45) is 7.05 Å². The van der Waals surface area contributed by atoms with Crippen LogP contribution in [0.4, 0.5) is 11.5 Å². The van der Waals surface area contributed by atoms with E-state index in [1.807, 2.05) is 6.07 Å². The van der Waals surface area contributed by atoms with Gasteiger partial charge in [-0.05, 0) is 24.7 Å². The number of benzene rings is 1. The first-order valence-electron chi connectivity index (χ1n) is 10.4. The van der Waals surface area contributed by atoms with Crippen molar-refractivity contribution in [2.75, 3.05) is 56.1 Å². The van der Waals surface area contributed by atoms with Crippen molar-refractivity contribution in [3.63, 3.8) is 0 Å². The van der Waals surface area contributed by atoms with Gasteiger partial charge in [-0.15, -0.1) is 0 Å². The van der Waals surface area contributed by atoms with Crippen LogP contribution in [0, 0.1) is 0 Å². The zero-order valence-corrected chi connectivity index (χ0v) is 17.5. The molecule has 8 heteroatoms. The highest BCUT2D eigenvalue weighted by atomic mass is 16.3. The predicted octanol–water partition coefficient (Wildman–Crippen LogP) is 1.54. The van der Waals surface area contributed by atoms with E-state index in [0.29, 0.717) is 23.3 Å². The van der Waals surface area contributed by atoms with Gasteiger partial charge in [-0.25, -0.2) is 9.97 Å². The van der Waals surface area contributed by atoms with Gasteiger partial charge in [-0.1, -0.05) is 19.1 Å². The molecule has 0 bridgehead atoms. The largest absolute Gasteiger partial charge is 0.395 e. The summed E-state index contributed by atoms with van der Waals surface area (Å²) in [6.45, 7) is 7.81. The Kier molecular flexibility index (Phi) is 5.96. The normalized spacial score (nSPS) is 15.0. The third-order valence-electron chi connectivity index (χ3n) is 5.65. The number of piperazine rings is 1. The lowest BCUT2D eigenvalue weighted by atomic mass is 10.1. The van der Waals surface area contributed by atoms with Gasteiger partial charge < -0.3 is 24.8 Å². The van der Waals surface area contributed by atoms with Gasteiger partial charge in [0.25, 0.3) is 5.56 Å². The van der Waals surface area contributed by atoms with Crippen molar-refractivity contribution in [3.05, 3.63) is 47.0 Å². The van der Waals surface area contributed by atoms with E-state index in [0.717, 1.165) is 44.0 Å². The molecule has 3 heterocycles. The molecular weight excluding hydrogens is 380 g/mol. The molecule has 1 aliphatic rings. The molecule has 2 N–H and O–H groups in total. The summed E-state index contributed by atoms with van der Waals surface area (Å²) in [5, 5.41) is 12.7.